The molecule has 0 spiro atoms. The third-order valence-electron chi connectivity index (χ3n) is 3.18. The van der Waals surface area contributed by atoms with Gasteiger partial charge in [-0.15, -0.1) is 0 Å². The third kappa shape index (κ3) is 5.17. The van der Waals surface area contributed by atoms with Gasteiger partial charge in [-0.2, -0.15) is 0 Å². The Morgan fingerprint density at radius 2 is 2.06 bits per heavy atom. The molecule has 1 aliphatic rings. The van der Waals surface area contributed by atoms with Gasteiger partial charge < -0.3 is 9.84 Å². The molecule has 4 heteroatoms. The summed E-state index contributed by atoms with van der Waals surface area (Å²) in [5.41, 5.74) is 0. The van der Waals surface area contributed by atoms with Gasteiger partial charge >= 0.3 is 35.5 Å². The third-order valence-corrected chi connectivity index (χ3v) is 3.18. The number of aliphatic hydroxyl groups excluding tert-OH is 1. The van der Waals surface area contributed by atoms with Crippen molar-refractivity contribution >= 4 is 35.5 Å². The maximum absolute atomic E-state index is 10.9. The van der Waals surface area contributed by atoms with Gasteiger partial charge in [0.15, 0.2) is 0 Å². The molecule has 3 unspecified atom stereocenters. The summed E-state index contributed by atoms with van der Waals surface area (Å²) >= 11 is 0. The summed E-state index contributed by atoms with van der Waals surface area (Å²) < 4.78 is 5.23. The number of rotatable bonds is 5. The van der Waals surface area contributed by atoms with Gasteiger partial charge in [0.1, 0.15) is 6.10 Å². The van der Waals surface area contributed by atoms with Gasteiger partial charge in [-0.25, -0.2) is 0 Å². The molecule has 0 aliphatic heterocycles. The van der Waals surface area contributed by atoms with Crippen molar-refractivity contribution in [3.63, 3.8) is 0 Å². The van der Waals surface area contributed by atoms with Crippen molar-refractivity contribution in [3.8, 4) is 0 Å². The summed E-state index contributed by atoms with van der Waals surface area (Å²) in [5.74, 6) is -0.0601. The van der Waals surface area contributed by atoms with Crippen molar-refractivity contribution in [2.24, 2.45) is 5.92 Å². The van der Waals surface area contributed by atoms with Crippen LogP contribution in [0.15, 0.2) is 0 Å². The normalized spacial score (nSPS) is 28.6. The molecule has 0 saturated heterocycles. The molecule has 90 valence electrons. The van der Waals surface area contributed by atoms with Crippen LogP contribution >= 0.6 is 0 Å². The minimum absolute atomic E-state index is 0. The van der Waals surface area contributed by atoms with Crippen LogP contribution in [0.4, 0.5) is 0 Å². The number of carbonyl (C=O) groups excluding carboxylic acids is 1. The second-order valence-electron chi connectivity index (χ2n) is 4.45. The van der Waals surface area contributed by atoms with Crippen LogP contribution in [0.2, 0.25) is 0 Å². The Morgan fingerprint density at radius 1 is 1.38 bits per heavy atom. The molecule has 0 amide bonds. The van der Waals surface area contributed by atoms with E-state index in [2.05, 4.69) is 6.92 Å². The fraction of sp³-hybridized carbons (Fsp3) is 0.917. The first kappa shape index (κ1) is 16.4. The Hall–Kier alpha value is 0.430. The van der Waals surface area contributed by atoms with Crippen molar-refractivity contribution in [2.75, 3.05) is 0 Å². The molecule has 3 atom stereocenters. The molecule has 1 N–H and O–H groups in total. The first-order valence-corrected chi connectivity index (χ1v) is 6.00. The van der Waals surface area contributed by atoms with E-state index in [1.165, 1.54) is 19.8 Å². The number of esters is 1. The summed E-state index contributed by atoms with van der Waals surface area (Å²) in [4.78, 5) is 10.9. The summed E-state index contributed by atoms with van der Waals surface area (Å²) in [6.07, 6.45) is 5.74. The predicted molar refractivity (Wildman–Crippen MR) is 65.6 cm³/mol. The van der Waals surface area contributed by atoms with Crippen molar-refractivity contribution < 1.29 is 14.6 Å². The van der Waals surface area contributed by atoms with Crippen LogP contribution in [0.1, 0.15) is 52.4 Å². The second kappa shape index (κ2) is 8.51. The maximum atomic E-state index is 10.9. The fourth-order valence-corrected chi connectivity index (χ4v) is 2.38. The Morgan fingerprint density at radius 3 is 2.62 bits per heavy atom. The van der Waals surface area contributed by atoms with Gasteiger partial charge in [-0.1, -0.05) is 26.2 Å². The van der Waals surface area contributed by atoms with Crippen molar-refractivity contribution in [2.45, 2.75) is 64.6 Å². The van der Waals surface area contributed by atoms with Gasteiger partial charge in [0.25, 0.3) is 0 Å². The van der Waals surface area contributed by atoms with Crippen LogP contribution in [-0.2, 0) is 9.53 Å². The van der Waals surface area contributed by atoms with E-state index >= 15 is 0 Å². The van der Waals surface area contributed by atoms with E-state index in [0.717, 1.165) is 25.7 Å². The molecule has 16 heavy (non-hydrogen) atoms. The molecule has 0 aromatic rings. The molecular weight excluding hydrogens is 215 g/mol. The van der Waals surface area contributed by atoms with Crippen molar-refractivity contribution in [3.05, 3.63) is 0 Å². The SMILES string of the molecule is CCCCCC1C(O)CCC1OC(C)=O.[NaH]. The van der Waals surface area contributed by atoms with Gasteiger partial charge in [0, 0.05) is 12.8 Å². The van der Waals surface area contributed by atoms with E-state index in [4.69, 9.17) is 4.74 Å². The topological polar surface area (TPSA) is 46.5 Å². The Bertz CT molecular complexity index is 208. The van der Waals surface area contributed by atoms with E-state index in [9.17, 15) is 9.90 Å². The van der Waals surface area contributed by atoms with Crippen LogP contribution in [0.3, 0.4) is 0 Å². The molecule has 3 nitrogen and oxygen atoms in total. The van der Waals surface area contributed by atoms with E-state index in [1.807, 2.05) is 0 Å². The molecule has 0 heterocycles. The standard InChI is InChI=1S/C12H22O3.Na.H/c1-3-4-5-6-10-11(14)7-8-12(10)15-9(2)13;;/h10-12,14H,3-8H2,1-2H3;;. The Labute approximate surface area is 120 Å². The first-order chi connectivity index (χ1) is 7.15. The summed E-state index contributed by atoms with van der Waals surface area (Å²) in [7, 11) is 0. The molecule has 1 rings (SSSR count). The summed E-state index contributed by atoms with van der Waals surface area (Å²) in [5, 5.41) is 9.78. The van der Waals surface area contributed by atoms with E-state index < -0.39 is 0 Å². The molecule has 1 saturated carbocycles. The molecular formula is C12H23NaO3. The van der Waals surface area contributed by atoms with Crippen LogP contribution in [-0.4, -0.2) is 52.8 Å². The van der Waals surface area contributed by atoms with Crippen LogP contribution in [0.5, 0.6) is 0 Å². The number of aliphatic hydroxyl groups is 1. The first-order valence-electron chi connectivity index (χ1n) is 6.00. The zero-order valence-corrected chi connectivity index (χ0v) is 9.74. The Balaban J connectivity index is 0.00000225. The van der Waals surface area contributed by atoms with Crippen LogP contribution in [0.25, 0.3) is 0 Å². The average molecular weight is 238 g/mol. The monoisotopic (exact) mass is 238 g/mol. The molecule has 0 aromatic heterocycles. The number of hydrogen-bond donors (Lipinski definition) is 1. The van der Waals surface area contributed by atoms with Crippen molar-refractivity contribution in [1.82, 2.24) is 0 Å². The summed E-state index contributed by atoms with van der Waals surface area (Å²) in [6.45, 7) is 3.60. The average Bonchev–Trinajstić information content (AvgIpc) is 2.49. The number of carbonyl (C=O) groups is 1. The van der Waals surface area contributed by atoms with Gasteiger partial charge in [-0.05, 0) is 19.3 Å². The zero-order valence-electron chi connectivity index (χ0n) is 9.74. The van der Waals surface area contributed by atoms with E-state index in [0.29, 0.717) is 0 Å². The van der Waals surface area contributed by atoms with Gasteiger partial charge in [-0.3, -0.25) is 4.79 Å². The second-order valence-corrected chi connectivity index (χ2v) is 4.45. The molecule has 0 radical (unpaired) electrons. The molecule has 0 bridgehead atoms. The number of ether oxygens (including phenoxy) is 1. The van der Waals surface area contributed by atoms with E-state index in [-0.39, 0.29) is 53.7 Å². The zero-order chi connectivity index (χ0) is 11.3. The predicted octanol–water partition coefficient (Wildman–Crippen LogP) is 1.62. The van der Waals surface area contributed by atoms with Crippen LogP contribution < -0.4 is 0 Å². The molecule has 1 fully saturated rings. The fourth-order valence-electron chi connectivity index (χ4n) is 2.38. The quantitative estimate of drug-likeness (QED) is 0.450. The van der Waals surface area contributed by atoms with Crippen LogP contribution in [0, 0.1) is 5.92 Å². The molecule has 0 aromatic carbocycles. The molecule has 1 aliphatic carbocycles. The summed E-state index contributed by atoms with van der Waals surface area (Å²) in [6, 6.07) is 0. The Kier molecular flexibility index (Phi) is 8.74. The van der Waals surface area contributed by atoms with Gasteiger partial charge in [0.05, 0.1) is 6.10 Å². The number of hydrogen-bond acceptors (Lipinski definition) is 3. The van der Waals surface area contributed by atoms with Gasteiger partial charge in [0.2, 0.25) is 0 Å². The van der Waals surface area contributed by atoms with E-state index in [1.54, 1.807) is 0 Å². The number of unbranched alkanes of at least 4 members (excludes halogenated alkanes) is 2. The minimum atomic E-state index is -0.272. The van der Waals surface area contributed by atoms with Crippen molar-refractivity contribution in [1.29, 1.82) is 0 Å².